The van der Waals surface area contributed by atoms with Gasteiger partial charge in [-0.25, -0.2) is 0 Å². The summed E-state index contributed by atoms with van der Waals surface area (Å²) in [6.07, 6.45) is 1.69. The second-order valence-corrected chi connectivity index (χ2v) is 4.75. The molecule has 0 aliphatic heterocycles. The highest BCUT2D eigenvalue weighted by Gasteiger charge is 2.06. The Morgan fingerprint density at radius 2 is 2.05 bits per heavy atom. The average molecular weight is 274 g/mol. The lowest BCUT2D eigenvalue weighted by Gasteiger charge is -2.09. The number of aryl methyl sites for hydroxylation is 1. The van der Waals surface area contributed by atoms with E-state index in [1.807, 2.05) is 49.7 Å². The van der Waals surface area contributed by atoms with Crippen molar-refractivity contribution in [1.29, 1.82) is 0 Å². The third-order valence-electron chi connectivity index (χ3n) is 2.69. The normalized spacial score (nSPS) is 10.8. The molecule has 0 radical (unpaired) electrons. The van der Waals surface area contributed by atoms with Crippen LogP contribution in [-0.4, -0.2) is 33.4 Å². The topological polar surface area (TPSA) is 69.0 Å². The van der Waals surface area contributed by atoms with Crippen LogP contribution in [0.4, 0.5) is 5.69 Å². The van der Waals surface area contributed by atoms with E-state index < -0.39 is 0 Å². The molecule has 106 valence electrons. The molecular weight excluding hydrogens is 256 g/mol. The summed E-state index contributed by atoms with van der Waals surface area (Å²) in [7, 11) is 1.88. The highest BCUT2D eigenvalue weighted by Crippen LogP contribution is 2.18. The monoisotopic (exact) mass is 274 g/mol. The molecule has 0 saturated heterocycles. The van der Waals surface area contributed by atoms with Crippen molar-refractivity contribution in [3.05, 3.63) is 30.6 Å². The van der Waals surface area contributed by atoms with E-state index >= 15 is 0 Å². The van der Waals surface area contributed by atoms with Crippen molar-refractivity contribution in [2.24, 2.45) is 7.05 Å². The predicted octanol–water partition coefficient (Wildman–Crippen LogP) is 1.85. The lowest BCUT2D eigenvalue weighted by molar-refractivity contribution is -0.121. The van der Waals surface area contributed by atoms with Crippen LogP contribution in [0.2, 0.25) is 0 Å². The van der Waals surface area contributed by atoms with Crippen LogP contribution in [0.3, 0.4) is 0 Å². The van der Waals surface area contributed by atoms with Gasteiger partial charge in [0.15, 0.2) is 5.82 Å². The largest absolute Gasteiger partial charge is 0.369 e. The van der Waals surface area contributed by atoms with Gasteiger partial charge in [-0.15, -0.1) is 10.2 Å². The van der Waals surface area contributed by atoms with Crippen molar-refractivity contribution in [3.63, 3.8) is 0 Å². The van der Waals surface area contributed by atoms with Crippen LogP contribution in [0.1, 0.15) is 13.8 Å². The second kappa shape index (κ2) is 6.29. The van der Waals surface area contributed by atoms with Gasteiger partial charge in [-0.05, 0) is 38.1 Å². The summed E-state index contributed by atoms with van der Waals surface area (Å²) >= 11 is 0. The van der Waals surface area contributed by atoms with Gasteiger partial charge in [0.2, 0.25) is 5.91 Å². The molecule has 0 aliphatic rings. The summed E-state index contributed by atoms with van der Waals surface area (Å²) < 4.78 is 7.08. The minimum Gasteiger partial charge on any atom is -0.369 e. The molecule has 2 aromatic rings. The van der Waals surface area contributed by atoms with Gasteiger partial charge in [0, 0.05) is 18.3 Å². The first kappa shape index (κ1) is 14.2. The summed E-state index contributed by atoms with van der Waals surface area (Å²) in [5.41, 5.74) is 1.68. The number of nitrogens with one attached hydrogen (secondary N) is 1. The average Bonchev–Trinajstić information content (AvgIpc) is 2.84. The first-order valence-corrected chi connectivity index (χ1v) is 6.42. The van der Waals surface area contributed by atoms with E-state index in [4.69, 9.17) is 4.74 Å². The summed E-state index contributed by atoms with van der Waals surface area (Å²) in [4.78, 5) is 11.6. The van der Waals surface area contributed by atoms with Crippen molar-refractivity contribution in [3.8, 4) is 11.4 Å². The highest BCUT2D eigenvalue weighted by atomic mass is 16.5. The Morgan fingerprint density at radius 1 is 1.35 bits per heavy atom. The van der Waals surface area contributed by atoms with E-state index in [0.29, 0.717) is 0 Å². The maximum Gasteiger partial charge on any atom is 0.250 e. The Bertz CT molecular complexity index is 575. The van der Waals surface area contributed by atoms with Gasteiger partial charge in [-0.2, -0.15) is 0 Å². The fourth-order valence-corrected chi connectivity index (χ4v) is 1.69. The van der Waals surface area contributed by atoms with Gasteiger partial charge in [0.25, 0.3) is 0 Å². The summed E-state index contributed by atoms with van der Waals surface area (Å²) in [6.45, 7) is 3.84. The Kier molecular flexibility index (Phi) is 4.47. The standard InChI is InChI=1S/C14H18N4O2/c1-10(2)20-8-13(19)16-12-6-4-11(5-7-12)14-17-15-9-18(14)3/h4-7,9-10H,8H2,1-3H3,(H,16,19). The molecule has 2 rings (SSSR count). The maximum atomic E-state index is 11.6. The van der Waals surface area contributed by atoms with Crippen LogP contribution in [0.15, 0.2) is 30.6 Å². The highest BCUT2D eigenvalue weighted by molar-refractivity contribution is 5.91. The van der Waals surface area contributed by atoms with Crippen molar-refractivity contribution in [2.45, 2.75) is 20.0 Å². The number of hydrogen-bond acceptors (Lipinski definition) is 4. The molecule has 1 aromatic heterocycles. The Morgan fingerprint density at radius 3 is 2.60 bits per heavy atom. The fourth-order valence-electron chi connectivity index (χ4n) is 1.69. The summed E-state index contributed by atoms with van der Waals surface area (Å²) in [5.74, 6) is 0.621. The van der Waals surface area contributed by atoms with E-state index in [1.54, 1.807) is 6.33 Å². The van der Waals surface area contributed by atoms with Crippen LogP contribution >= 0.6 is 0 Å². The number of aromatic nitrogens is 3. The van der Waals surface area contributed by atoms with Crippen molar-refractivity contribution in [1.82, 2.24) is 14.8 Å². The molecule has 1 N–H and O–H groups in total. The van der Waals surface area contributed by atoms with E-state index in [1.165, 1.54) is 0 Å². The molecule has 6 nitrogen and oxygen atoms in total. The van der Waals surface area contributed by atoms with Crippen LogP contribution < -0.4 is 5.32 Å². The van der Waals surface area contributed by atoms with Gasteiger partial charge in [-0.1, -0.05) is 0 Å². The lowest BCUT2D eigenvalue weighted by atomic mass is 10.2. The predicted molar refractivity (Wildman–Crippen MR) is 76.2 cm³/mol. The zero-order chi connectivity index (χ0) is 14.5. The van der Waals surface area contributed by atoms with Crippen LogP contribution in [0, 0.1) is 0 Å². The number of nitrogens with zero attached hydrogens (tertiary/aromatic N) is 3. The molecule has 0 aliphatic carbocycles. The number of carbonyl (C=O) groups excluding carboxylic acids is 1. The Hall–Kier alpha value is -2.21. The van der Waals surface area contributed by atoms with Crippen molar-refractivity contribution in [2.75, 3.05) is 11.9 Å². The van der Waals surface area contributed by atoms with Crippen LogP contribution in [-0.2, 0) is 16.6 Å². The minimum atomic E-state index is -0.162. The molecule has 20 heavy (non-hydrogen) atoms. The molecule has 0 atom stereocenters. The molecule has 0 unspecified atom stereocenters. The van der Waals surface area contributed by atoms with Crippen LogP contribution in [0.5, 0.6) is 0 Å². The first-order chi connectivity index (χ1) is 9.56. The van der Waals surface area contributed by atoms with Gasteiger partial charge in [-0.3, -0.25) is 4.79 Å². The molecule has 0 fully saturated rings. The van der Waals surface area contributed by atoms with Gasteiger partial charge in [0.1, 0.15) is 12.9 Å². The summed E-state index contributed by atoms with van der Waals surface area (Å²) in [5, 5.41) is 10.6. The van der Waals surface area contributed by atoms with Gasteiger partial charge < -0.3 is 14.6 Å². The maximum absolute atomic E-state index is 11.6. The Balaban J connectivity index is 1.98. The molecule has 6 heteroatoms. The Labute approximate surface area is 117 Å². The SMILES string of the molecule is CC(C)OCC(=O)Nc1ccc(-c2nncn2C)cc1. The molecule has 1 aromatic carbocycles. The number of rotatable bonds is 5. The fraction of sp³-hybridized carbons (Fsp3) is 0.357. The molecule has 1 amide bonds. The zero-order valence-corrected chi connectivity index (χ0v) is 11.8. The van der Waals surface area contributed by atoms with E-state index in [9.17, 15) is 4.79 Å². The van der Waals surface area contributed by atoms with E-state index in [-0.39, 0.29) is 18.6 Å². The third kappa shape index (κ3) is 3.64. The van der Waals surface area contributed by atoms with E-state index in [2.05, 4.69) is 15.5 Å². The number of carbonyl (C=O) groups is 1. The van der Waals surface area contributed by atoms with Gasteiger partial charge >= 0.3 is 0 Å². The van der Waals surface area contributed by atoms with Gasteiger partial charge in [0.05, 0.1) is 6.10 Å². The minimum absolute atomic E-state index is 0.0408. The number of amides is 1. The summed E-state index contributed by atoms with van der Waals surface area (Å²) in [6, 6.07) is 7.44. The lowest BCUT2D eigenvalue weighted by Crippen LogP contribution is -2.20. The van der Waals surface area contributed by atoms with Crippen molar-refractivity contribution < 1.29 is 9.53 Å². The van der Waals surface area contributed by atoms with Crippen molar-refractivity contribution >= 4 is 11.6 Å². The first-order valence-electron chi connectivity index (χ1n) is 6.42. The van der Waals surface area contributed by atoms with Crippen LogP contribution in [0.25, 0.3) is 11.4 Å². The molecule has 0 bridgehead atoms. The van der Waals surface area contributed by atoms with E-state index in [0.717, 1.165) is 17.1 Å². The number of hydrogen-bond donors (Lipinski definition) is 1. The quantitative estimate of drug-likeness (QED) is 0.903. The molecular formula is C14H18N4O2. The number of benzene rings is 1. The zero-order valence-electron chi connectivity index (χ0n) is 11.8. The molecule has 0 spiro atoms. The third-order valence-corrected chi connectivity index (χ3v) is 2.69. The molecule has 0 saturated carbocycles. The second-order valence-electron chi connectivity index (χ2n) is 4.75. The number of ether oxygens (including phenoxy) is 1. The molecule has 1 heterocycles. The number of anilines is 1. The smallest absolute Gasteiger partial charge is 0.250 e.